The molecule has 1 unspecified atom stereocenters. The fraction of sp³-hybridized carbons (Fsp3) is 0.800. The van der Waals surface area contributed by atoms with Crippen molar-refractivity contribution in [2.45, 2.75) is 45.2 Å². The summed E-state index contributed by atoms with van der Waals surface area (Å²) in [6.45, 7) is 8.04. The third-order valence-corrected chi connectivity index (χ3v) is 5.61. The predicted octanol–water partition coefficient (Wildman–Crippen LogP) is 2.10. The van der Waals surface area contributed by atoms with Crippen molar-refractivity contribution in [2.24, 2.45) is 0 Å². The van der Waals surface area contributed by atoms with E-state index >= 15 is 0 Å². The number of nitrogens with one attached hydrogen (secondary N) is 1. The molecule has 4 nitrogen and oxygen atoms in total. The lowest BCUT2D eigenvalue weighted by Gasteiger charge is -2.37. The van der Waals surface area contributed by atoms with E-state index in [4.69, 9.17) is 4.98 Å². The normalized spacial score (nSPS) is 23.3. The predicted molar refractivity (Wildman–Crippen MR) is 85.7 cm³/mol. The molecule has 2 saturated heterocycles. The quantitative estimate of drug-likeness (QED) is 0.901. The molecule has 3 rings (SSSR count). The van der Waals surface area contributed by atoms with Gasteiger partial charge in [-0.15, -0.1) is 11.3 Å². The highest BCUT2D eigenvalue weighted by molar-refractivity contribution is 7.15. The van der Waals surface area contributed by atoms with Crippen LogP contribution in [0.2, 0.25) is 0 Å². The zero-order valence-electron chi connectivity index (χ0n) is 12.7. The zero-order chi connectivity index (χ0) is 13.9. The van der Waals surface area contributed by atoms with Crippen LogP contribution >= 0.6 is 11.3 Å². The van der Waals surface area contributed by atoms with E-state index in [0.717, 1.165) is 25.6 Å². The van der Waals surface area contributed by atoms with Crippen molar-refractivity contribution in [3.8, 4) is 0 Å². The van der Waals surface area contributed by atoms with Gasteiger partial charge in [-0.1, -0.05) is 13.3 Å². The molecule has 0 aromatic carbocycles. The molecular formula is C15H26N4S. The van der Waals surface area contributed by atoms with Gasteiger partial charge in [0.05, 0.1) is 5.69 Å². The molecule has 2 aliphatic rings. The molecule has 1 N–H and O–H groups in total. The Hall–Kier alpha value is -0.650. The molecule has 1 atom stereocenters. The number of aromatic nitrogens is 1. The van der Waals surface area contributed by atoms with Crippen molar-refractivity contribution in [1.82, 2.24) is 15.2 Å². The van der Waals surface area contributed by atoms with E-state index in [1.54, 1.807) is 0 Å². The van der Waals surface area contributed by atoms with E-state index < -0.39 is 0 Å². The average molecular weight is 294 g/mol. The molecule has 2 fully saturated rings. The molecular weight excluding hydrogens is 268 g/mol. The van der Waals surface area contributed by atoms with Gasteiger partial charge in [-0.2, -0.15) is 0 Å². The summed E-state index contributed by atoms with van der Waals surface area (Å²) in [6.07, 6.45) is 5.03. The van der Waals surface area contributed by atoms with Gasteiger partial charge < -0.3 is 10.2 Å². The Morgan fingerprint density at radius 3 is 3.05 bits per heavy atom. The van der Waals surface area contributed by atoms with Crippen molar-refractivity contribution in [3.63, 3.8) is 0 Å². The lowest BCUT2D eigenvalue weighted by Crippen LogP contribution is -2.50. The summed E-state index contributed by atoms with van der Waals surface area (Å²) in [6, 6.07) is 0.773. The van der Waals surface area contributed by atoms with Gasteiger partial charge in [0, 0.05) is 37.1 Å². The van der Waals surface area contributed by atoms with Crippen molar-refractivity contribution >= 4 is 16.5 Å². The second-order valence-corrected chi connectivity index (χ2v) is 6.99. The number of piperazine rings is 1. The topological polar surface area (TPSA) is 31.4 Å². The number of anilines is 1. The number of fused-ring (bicyclic) bond motifs is 1. The Morgan fingerprint density at radius 1 is 1.35 bits per heavy atom. The van der Waals surface area contributed by atoms with Gasteiger partial charge in [-0.25, -0.2) is 4.98 Å². The average Bonchev–Trinajstić information content (AvgIpc) is 3.06. The van der Waals surface area contributed by atoms with E-state index in [9.17, 15) is 0 Å². The minimum atomic E-state index is 0.773. The molecule has 0 radical (unpaired) electrons. The van der Waals surface area contributed by atoms with Gasteiger partial charge in [-0.3, -0.25) is 4.90 Å². The van der Waals surface area contributed by atoms with E-state index in [2.05, 4.69) is 22.0 Å². The summed E-state index contributed by atoms with van der Waals surface area (Å²) in [4.78, 5) is 11.6. The standard InChI is InChI=1S/C15H26N4S/c1-3-5-13-14(10-16-2)20-15(17-13)19-9-8-18-7-4-6-12(18)11-19/h12,16H,3-11H2,1-2H3. The van der Waals surface area contributed by atoms with Crippen LogP contribution in [0.3, 0.4) is 0 Å². The summed E-state index contributed by atoms with van der Waals surface area (Å²) in [5.41, 5.74) is 1.32. The Kier molecular flexibility index (Phi) is 4.58. The van der Waals surface area contributed by atoms with Gasteiger partial charge in [0.25, 0.3) is 0 Å². The SMILES string of the molecule is CCCc1nc(N2CCN3CCCC3C2)sc1CNC. The lowest BCUT2D eigenvalue weighted by molar-refractivity contribution is 0.231. The molecule has 20 heavy (non-hydrogen) atoms. The minimum absolute atomic E-state index is 0.773. The maximum Gasteiger partial charge on any atom is 0.185 e. The first-order valence-electron chi connectivity index (χ1n) is 7.94. The molecule has 0 saturated carbocycles. The molecule has 3 heterocycles. The fourth-order valence-electron chi connectivity index (χ4n) is 3.40. The minimum Gasteiger partial charge on any atom is -0.345 e. The van der Waals surface area contributed by atoms with Crippen LogP contribution in [-0.4, -0.2) is 49.2 Å². The number of aryl methyl sites for hydroxylation is 1. The molecule has 1 aromatic heterocycles. The third-order valence-electron chi connectivity index (χ3n) is 4.45. The summed E-state index contributed by atoms with van der Waals surface area (Å²) in [7, 11) is 2.02. The molecule has 5 heteroatoms. The summed E-state index contributed by atoms with van der Waals surface area (Å²) < 4.78 is 0. The van der Waals surface area contributed by atoms with Gasteiger partial charge in [0.2, 0.25) is 0 Å². The highest BCUT2D eigenvalue weighted by Gasteiger charge is 2.31. The Bertz CT molecular complexity index is 422. The van der Waals surface area contributed by atoms with Crippen LogP contribution in [-0.2, 0) is 13.0 Å². The highest BCUT2D eigenvalue weighted by Crippen LogP contribution is 2.31. The number of rotatable bonds is 5. The lowest BCUT2D eigenvalue weighted by atomic mass is 10.2. The highest BCUT2D eigenvalue weighted by atomic mass is 32.1. The van der Waals surface area contributed by atoms with Crippen molar-refractivity contribution in [2.75, 3.05) is 38.1 Å². The molecule has 0 spiro atoms. The van der Waals surface area contributed by atoms with Crippen LogP contribution in [0.5, 0.6) is 0 Å². The van der Waals surface area contributed by atoms with E-state index in [-0.39, 0.29) is 0 Å². The third kappa shape index (κ3) is 2.85. The van der Waals surface area contributed by atoms with Gasteiger partial charge >= 0.3 is 0 Å². The number of hydrogen-bond acceptors (Lipinski definition) is 5. The summed E-state index contributed by atoms with van der Waals surface area (Å²) in [5.74, 6) is 0. The van der Waals surface area contributed by atoms with Crippen LogP contribution in [0.25, 0.3) is 0 Å². The van der Waals surface area contributed by atoms with E-state index in [0.29, 0.717) is 0 Å². The smallest absolute Gasteiger partial charge is 0.185 e. The van der Waals surface area contributed by atoms with Crippen LogP contribution < -0.4 is 10.2 Å². The van der Waals surface area contributed by atoms with E-state index in [1.165, 1.54) is 54.6 Å². The fourth-order valence-corrected chi connectivity index (χ4v) is 4.55. The van der Waals surface area contributed by atoms with Crippen molar-refractivity contribution in [1.29, 1.82) is 0 Å². The van der Waals surface area contributed by atoms with Crippen LogP contribution in [0.15, 0.2) is 0 Å². The second-order valence-electron chi connectivity index (χ2n) is 5.92. The molecule has 0 aliphatic carbocycles. The molecule has 2 aliphatic heterocycles. The van der Waals surface area contributed by atoms with Crippen LogP contribution in [0, 0.1) is 0 Å². The maximum absolute atomic E-state index is 4.94. The second kappa shape index (κ2) is 6.41. The van der Waals surface area contributed by atoms with Gasteiger partial charge in [0.1, 0.15) is 0 Å². The Morgan fingerprint density at radius 2 is 2.25 bits per heavy atom. The number of nitrogens with zero attached hydrogens (tertiary/aromatic N) is 3. The Labute approximate surface area is 126 Å². The molecule has 0 bridgehead atoms. The first kappa shape index (κ1) is 14.3. The Balaban J connectivity index is 1.74. The summed E-state index contributed by atoms with van der Waals surface area (Å²) in [5, 5.41) is 4.53. The van der Waals surface area contributed by atoms with Gasteiger partial charge in [-0.05, 0) is 32.9 Å². The molecule has 1 aromatic rings. The van der Waals surface area contributed by atoms with Crippen molar-refractivity contribution < 1.29 is 0 Å². The van der Waals surface area contributed by atoms with E-state index in [1.807, 2.05) is 18.4 Å². The van der Waals surface area contributed by atoms with Crippen molar-refractivity contribution in [3.05, 3.63) is 10.6 Å². The zero-order valence-corrected chi connectivity index (χ0v) is 13.5. The maximum atomic E-state index is 4.94. The monoisotopic (exact) mass is 294 g/mol. The van der Waals surface area contributed by atoms with Crippen LogP contribution in [0.4, 0.5) is 5.13 Å². The molecule has 112 valence electrons. The number of hydrogen-bond donors (Lipinski definition) is 1. The number of thiazole rings is 1. The van der Waals surface area contributed by atoms with Crippen LogP contribution in [0.1, 0.15) is 36.8 Å². The first-order chi connectivity index (χ1) is 9.81. The first-order valence-corrected chi connectivity index (χ1v) is 8.75. The largest absolute Gasteiger partial charge is 0.345 e. The summed E-state index contributed by atoms with van der Waals surface area (Å²) >= 11 is 1.90. The molecule has 0 amide bonds. The van der Waals surface area contributed by atoms with Gasteiger partial charge in [0.15, 0.2) is 5.13 Å².